The first-order chi connectivity index (χ1) is 7.20. The zero-order chi connectivity index (χ0) is 10.8. The predicted molar refractivity (Wildman–Crippen MR) is 61.4 cm³/mol. The Hall–Kier alpha value is -1.86. The normalized spacial score (nSPS) is 9.87. The van der Waals surface area contributed by atoms with Gasteiger partial charge in [-0.2, -0.15) is 5.26 Å². The molecule has 0 atom stereocenters. The van der Waals surface area contributed by atoms with Gasteiger partial charge in [0.25, 0.3) is 0 Å². The molecule has 0 radical (unpaired) electrons. The van der Waals surface area contributed by atoms with Gasteiger partial charge in [0.2, 0.25) is 0 Å². The van der Waals surface area contributed by atoms with Crippen molar-refractivity contribution >= 4 is 16.3 Å². The summed E-state index contributed by atoms with van der Waals surface area (Å²) in [6, 6.07) is 9.34. The average molecular weight is 215 g/mol. The summed E-state index contributed by atoms with van der Waals surface area (Å²) in [6.45, 7) is 1.92. The molecule has 2 N–H and O–H groups in total. The highest BCUT2D eigenvalue weighted by molar-refractivity contribution is 7.16. The molecule has 2 rings (SSSR count). The Kier molecular flexibility index (Phi) is 2.40. The van der Waals surface area contributed by atoms with E-state index in [1.54, 1.807) is 12.1 Å². The third-order valence-corrected chi connectivity index (χ3v) is 2.85. The summed E-state index contributed by atoms with van der Waals surface area (Å²) in [4.78, 5) is 4.35. The molecule has 0 spiro atoms. The van der Waals surface area contributed by atoms with Crippen LogP contribution < -0.4 is 5.73 Å². The minimum Gasteiger partial charge on any atom is -0.389 e. The van der Waals surface area contributed by atoms with Gasteiger partial charge >= 0.3 is 0 Å². The van der Waals surface area contributed by atoms with Crippen LogP contribution in [0.5, 0.6) is 0 Å². The third-order valence-electron chi connectivity index (χ3n) is 2.05. The summed E-state index contributed by atoms with van der Waals surface area (Å²) in [7, 11) is 0. The Morgan fingerprint density at radius 1 is 1.33 bits per heavy atom. The van der Waals surface area contributed by atoms with Crippen molar-refractivity contribution in [2.24, 2.45) is 0 Å². The van der Waals surface area contributed by atoms with E-state index < -0.39 is 0 Å². The number of hydrogen-bond acceptors (Lipinski definition) is 4. The molecule has 1 heterocycles. The molecule has 1 aromatic heterocycles. The first kappa shape index (κ1) is 9.69. The van der Waals surface area contributed by atoms with Gasteiger partial charge in [-0.25, -0.2) is 4.98 Å². The number of benzene rings is 1. The second-order valence-corrected chi connectivity index (χ2v) is 4.37. The summed E-state index contributed by atoms with van der Waals surface area (Å²) in [5.41, 5.74) is 8.24. The molecule has 15 heavy (non-hydrogen) atoms. The van der Waals surface area contributed by atoms with Crippen LogP contribution in [0.15, 0.2) is 24.3 Å². The highest BCUT2D eigenvalue weighted by Crippen LogP contribution is 2.29. The predicted octanol–water partition coefficient (Wildman–Crippen LogP) is 2.57. The Labute approximate surface area is 91.8 Å². The number of aryl methyl sites for hydroxylation is 1. The van der Waals surface area contributed by atoms with Crippen LogP contribution >= 0.6 is 11.3 Å². The molecule has 74 valence electrons. The lowest BCUT2D eigenvalue weighted by Gasteiger charge is -1.97. The van der Waals surface area contributed by atoms with Crippen molar-refractivity contribution in [3.8, 4) is 17.3 Å². The van der Waals surface area contributed by atoms with Crippen molar-refractivity contribution in [2.45, 2.75) is 6.92 Å². The number of anilines is 1. The lowest BCUT2D eigenvalue weighted by Crippen LogP contribution is -1.86. The number of nitriles is 1. The molecule has 1 aromatic carbocycles. The van der Waals surface area contributed by atoms with Gasteiger partial charge in [0, 0.05) is 5.56 Å². The number of hydrogen-bond donors (Lipinski definition) is 1. The molecule has 0 saturated heterocycles. The molecule has 0 unspecified atom stereocenters. The summed E-state index contributed by atoms with van der Waals surface area (Å²) in [5.74, 6) is 0. The zero-order valence-corrected chi connectivity index (χ0v) is 9.01. The minimum atomic E-state index is 0.643. The second-order valence-electron chi connectivity index (χ2n) is 3.13. The highest BCUT2D eigenvalue weighted by atomic mass is 32.1. The largest absolute Gasteiger partial charge is 0.389 e. The lowest BCUT2D eigenvalue weighted by molar-refractivity contribution is 1.30. The third kappa shape index (κ3) is 1.83. The molecule has 2 aromatic rings. The van der Waals surface area contributed by atoms with Crippen LogP contribution in [-0.4, -0.2) is 4.98 Å². The van der Waals surface area contributed by atoms with E-state index >= 15 is 0 Å². The van der Waals surface area contributed by atoms with Gasteiger partial charge in [-0.3, -0.25) is 0 Å². The number of nitrogen functional groups attached to an aromatic ring is 1. The highest BCUT2D eigenvalue weighted by Gasteiger charge is 2.07. The van der Waals surface area contributed by atoms with Crippen molar-refractivity contribution in [2.75, 3.05) is 5.73 Å². The van der Waals surface area contributed by atoms with Crippen LogP contribution in [-0.2, 0) is 0 Å². The van der Waals surface area contributed by atoms with Gasteiger partial charge in [0.05, 0.1) is 16.6 Å². The van der Waals surface area contributed by atoms with Crippen LogP contribution in [0.3, 0.4) is 0 Å². The van der Waals surface area contributed by atoms with Gasteiger partial charge in [-0.1, -0.05) is 12.1 Å². The Bertz CT molecular complexity index is 520. The van der Waals surface area contributed by atoms with Gasteiger partial charge in [-0.15, -0.1) is 11.3 Å². The van der Waals surface area contributed by atoms with Crippen LogP contribution in [0.1, 0.15) is 10.6 Å². The molecule has 3 nitrogen and oxygen atoms in total. The molecule has 4 heteroatoms. The first-order valence-electron chi connectivity index (χ1n) is 4.44. The molecule has 0 bridgehead atoms. The van der Waals surface area contributed by atoms with Gasteiger partial charge in [0.1, 0.15) is 10.7 Å². The maximum Gasteiger partial charge on any atom is 0.114 e. The van der Waals surface area contributed by atoms with E-state index in [0.29, 0.717) is 5.56 Å². The van der Waals surface area contributed by atoms with Crippen molar-refractivity contribution in [1.29, 1.82) is 5.26 Å². The first-order valence-corrected chi connectivity index (χ1v) is 5.26. The molecule has 0 amide bonds. The fourth-order valence-corrected chi connectivity index (χ4v) is 2.07. The SMILES string of the molecule is Cc1nc(-c2ccc(C#N)cc2)c(N)s1. The summed E-state index contributed by atoms with van der Waals surface area (Å²) < 4.78 is 0. The summed E-state index contributed by atoms with van der Waals surface area (Å²) >= 11 is 1.48. The summed E-state index contributed by atoms with van der Waals surface area (Å²) in [6.07, 6.45) is 0. The van der Waals surface area contributed by atoms with E-state index in [0.717, 1.165) is 21.3 Å². The van der Waals surface area contributed by atoms with E-state index in [9.17, 15) is 0 Å². The van der Waals surface area contributed by atoms with E-state index in [1.807, 2.05) is 19.1 Å². The quantitative estimate of drug-likeness (QED) is 0.795. The molecule has 0 saturated carbocycles. The zero-order valence-electron chi connectivity index (χ0n) is 8.19. The maximum atomic E-state index is 8.67. The van der Waals surface area contributed by atoms with Crippen LogP contribution in [0, 0.1) is 18.3 Å². The molecule has 0 aliphatic heterocycles. The smallest absolute Gasteiger partial charge is 0.114 e. The van der Waals surface area contributed by atoms with Crippen molar-refractivity contribution in [1.82, 2.24) is 4.98 Å². The van der Waals surface area contributed by atoms with Gasteiger partial charge in [-0.05, 0) is 19.1 Å². The number of thiazole rings is 1. The minimum absolute atomic E-state index is 0.643. The number of aromatic nitrogens is 1. The summed E-state index contributed by atoms with van der Waals surface area (Å²) in [5, 5.41) is 10.3. The number of rotatable bonds is 1. The standard InChI is InChI=1S/C11H9N3S/c1-7-14-10(11(13)15-7)9-4-2-8(6-12)3-5-9/h2-5H,13H2,1H3. The lowest BCUT2D eigenvalue weighted by atomic mass is 10.1. The van der Waals surface area contributed by atoms with E-state index in [-0.39, 0.29) is 0 Å². The maximum absolute atomic E-state index is 8.67. The van der Waals surface area contributed by atoms with Crippen LogP contribution in [0.4, 0.5) is 5.00 Å². The van der Waals surface area contributed by atoms with Crippen molar-refractivity contribution in [3.63, 3.8) is 0 Å². The van der Waals surface area contributed by atoms with Gasteiger partial charge in [0.15, 0.2) is 0 Å². The Morgan fingerprint density at radius 2 is 2.00 bits per heavy atom. The van der Waals surface area contributed by atoms with E-state index in [2.05, 4.69) is 11.1 Å². The molecule has 0 aliphatic rings. The molecular formula is C11H9N3S. The van der Waals surface area contributed by atoms with E-state index in [4.69, 9.17) is 11.0 Å². The number of nitrogens with two attached hydrogens (primary N) is 1. The average Bonchev–Trinajstić information content (AvgIpc) is 2.58. The van der Waals surface area contributed by atoms with Crippen molar-refractivity contribution < 1.29 is 0 Å². The fraction of sp³-hybridized carbons (Fsp3) is 0.0909. The Morgan fingerprint density at radius 3 is 2.47 bits per heavy atom. The van der Waals surface area contributed by atoms with Crippen molar-refractivity contribution in [3.05, 3.63) is 34.8 Å². The fourth-order valence-electron chi connectivity index (χ4n) is 1.35. The van der Waals surface area contributed by atoms with Crippen LogP contribution in [0.2, 0.25) is 0 Å². The van der Waals surface area contributed by atoms with Crippen LogP contribution in [0.25, 0.3) is 11.3 Å². The topological polar surface area (TPSA) is 62.7 Å². The monoisotopic (exact) mass is 215 g/mol. The number of nitrogens with zero attached hydrogens (tertiary/aromatic N) is 2. The van der Waals surface area contributed by atoms with Gasteiger partial charge < -0.3 is 5.73 Å². The molecule has 0 fully saturated rings. The Balaban J connectivity index is 2.46. The molecule has 0 aliphatic carbocycles. The van der Waals surface area contributed by atoms with E-state index in [1.165, 1.54) is 11.3 Å². The molecular weight excluding hydrogens is 206 g/mol. The second kappa shape index (κ2) is 3.71.